The van der Waals surface area contributed by atoms with Crippen LogP contribution in [0, 0.1) is 6.92 Å². The van der Waals surface area contributed by atoms with Crippen molar-refractivity contribution in [3.05, 3.63) is 41.2 Å². The molecule has 20 heavy (non-hydrogen) atoms. The highest BCUT2D eigenvalue weighted by atomic mass is 16.4. The molecular formula is C12H10N4O4. The lowest BCUT2D eigenvalue weighted by molar-refractivity contribution is -0.131. The lowest BCUT2D eigenvalue weighted by atomic mass is 10.1. The molecule has 0 fully saturated rings. The number of tetrazole rings is 1. The number of aryl methyl sites for hydroxylation is 1. The van der Waals surface area contributed by atoms with Crippen molar-refractivity contribution >= 4 is 18.0 Å². The molecule has 0 saturated heterocycles. The van der Waals surface area contributed by atoms with Crippen molar-refractivity contribution in [3.8, 4) is 5.69 Å². The van der Waals surface area contributed by atoms with E-state index in [0.29, 0.717) is 5.69 Å². The fraction of sp³-hybridized carbons (Fsp3) is 0.0833. The number of carbonyl (C=O) groups is 2. The number of hydrogen-bond acceptors (Lipinski definition) is 5. The fourth-order valence-electron chi connectivity index (χ4n) is 1.59. The van der Waals surface area contributed by atoms with Crippen molar-refractivity contribution in [1.82, 2.24) is 20.2 Å². The summed E-state index contributed by atoms with van der Waals surface area (Å²) >= 11 is 0. The quantitative estimate of drug-likeness (QED) is 0.790. The van der Waals surface area contributed by atoms with E-state index in [9.17, 15) is 9.59 Å². The third kappa shape index (κ3) is 2.69. The minimum Gasteiger partial charge on any atom is -0.478 e. The summed E-state index contributed by atoms with van der Waals surface area (Å²) in [5.41, 5.74) is 1.32. The van der Waals surface area contributed by atoms with E-state index in [2.05, 4.69) is 15.5 Å². The van der Waals surface area contributed by atoms with Crippen molar-refractivity contribution in [2.45, 2.75) is 6.92 Å². The summed E-state index contributed by atoms with van der Waals surface area (Å²) < 4.78 is 1.28. The minimum absolute atomic E-state index is 0.0919. The van der Waals surface area contributed by atoms with Crippen LogP contribution in [0.5, 0.6) is 0 Å². The Bertz CT molecular complexity index is 705. The molecule has 0 amide bonds. The molecule has 2 rings (SSSR count). The van der Waals surface area contributed by atoms with Gasteiger partial charge < -0.3 is 10.2 Å². The van der Waals surface area contributed by atoms with E-state index in [0.717, 1.165) is 11.6 Å². The number of carboxylic acid groups (broad SMARTS) is 2. The van der Waals surface area contributed by atoms with Crippen LogP contribution in [-0.2, 0) is 4.79 Å². The Balaban J connectivity index is 2.52. The van der Waals surface area contributed by atoms with Crippen LogP contribution in [0.3, 0.4) is 0 Å². The first kappa shape index (κ1) is 13.4. The van der Waals surface area contributed by atoms with E-state index in [-0.39, 0.29) is 11.4 Å². The number of aliphatic carboxylic acids is 1. The van der Waals surface area contributed by atoms with Crippen LogP contribution < -0.4 is 0 Å². The van der Waals surface area contributed by atoms with Gasteiger partial charge in [0, 0.05) is 6.08 Å². The summed E-state index contributed by atoms with van der Waals surface area (Å²) in [6, 6.07) is 4.52. The topological polar surface area (TPSA) is 118 Å². The molecule has 1 aromatic carbocycles. The number of nitrogens with zero attached hydrogens (tertiary/aromatic N) is 4. The molecule has 0 aliphatic rings. The summed E-state index contributed by atoms with van der Waals surface area (Å²) in [6.45, 7) is 1.77. The number of hydrogen-bond donors (Lipinski definition) is 2. The predicted octanol–water partition coefficient (Wildman–Crippen LogP) is 0.767. The molecule has 2 N–H and O–H groups in total. The first-order chi connectivity index (χ1) is 9.49. The minimum atomic E-state index is -1.13. The number of rotatable bonds is 4. The van der Waals surface area contributed by atoms with Crippen molar-refractivity contribution in [3.63, 3.8) is 0 Å². The summed E-state index contributed by atoms with van der Waals surface area (Å²) in [4.78, 5) is 21.5. The first-order valence-electron chi connectivity index (χ1n) is 5.52. The second-order valence-corrected chi connectivity index (χ2v) is 3.93. The summed E-state index contributed by atoms with van der Waals surface area (Å²) in [7, 11) is 0. The van der Waals surface area contributed by atoms with E-state index in [1.54, 1.807) is 13.0 Å². The lowest BCUT2D eigenvalue weighted by Crippen LogP contribution is -2.05. The van der Waals surface area contributed by atoms with Crippen molar-refractivity contribution < 1.29 is 19.8 Å². The van der Waals surface area contributed by atoms with Crippen LogP contribution in [0.2, 0.25) is 0 Å². The van der Waals surface area contributed by atoms with Gasteiger partial charge in [0.2, 0.25) is 0 Å². The molecule has 0 spiro atoms. The number of aromatic nitrogens is 4. The molecule has 8 heteroatoms. The molecule has 0 unspecified atom stereocenters. The van der Waals surface area contributed by atoms with Crippen LogP contribution in [-0.4, -0.2) is 42.4 Å². The van der Waals surface area contributed by atoms with Gasteiger partial charge in [-0.15, -0.1) is 5.10 Å². The van der Waals surface area contributed by atoms with Crippen LogP contribution in [0.1, 0.15) is 21.7 Å². The van der Waals surface area contributed by atoms with Crippen LogP contribution in [0.15, 0.2) is 24.3 Å². The molecule has 2 aromatic rings. The van der Waals surface area contributed by atoms with Gasteiger partial charge in [-0.05, 0) is 41.1 Å². The van der Waals surface area contributed by atoms with Gasteiger partial charge in [0.25, 0.3) is 0 Å². The zero-order chi connectivity index (χ0) is 14.7. The summed E-state index contributed by atoms with van der Waals surface area (Å²) in [5.74, 6) is -2.00. The average Bonchev–Trinajstić information content (AvgIpc) is 2.84. The summed E-state index contributed by atoms with van der Waals surface area (Å²) in [5, 5.41) is 28.5. The predicted molar refractivity (Wildman–Crippen MR) is 67.5 cm³/mol. The molecule has 0 saturated carbocycles. The zero-order valence-corrected chi connectivity index (χ0v) is 10.4. The molecule has 0 aliphatic carbocycles. The lowest BCUT2D eigenvalue weighted by Gasteiger charge is -2.07. The van der Waals surface area contributed by atoms with Crippen molar-refractivity contribution in [2.24, 2.45) is 0 Å². The molecule has 0 bridgehead atoms. The van der Waals surface area contributed by atoms with E-state index in [1.807, 2.05) is 0 Å². The van der Waals surface area contributed by atoms with Gasteiger partial charge in [-0.3, -0.25) is 0 Å². The number of aromatic carboxylic acids is 1. The number of carboxylic acids is 2. The standard InChI is InChI=1S/C12H10N4O4/c1-7-2-3-8(12(19)20)6-9(7)16-10(13-14-15-16)4-5-11(17)18/h2-6H,1H3,(H,17,18)(H,19,20)/b5-4+. The number of benzene rings is 1. The maximum Gasteiger partial charge on any atom is 0.335 e. The van der Waals surface area contributed by atoms with Gasteiger partial charge in [0.15, 0.2) is 5.82 Å². The zero-order valence-electron chi connectivity index (χ0n) is 10.4. The van der Waals surface area contributed by atoms with E-state index in [4.69, 9.17) is 10.2 Å². The SMILES string of the molecule is Cc1ccc(C(=O)O)cc1-n1nnnc1/C=C/C(=O)O. The fourth-order valence-corrected chi connectivity index (χ4v) is 1.59. The maximum absolute atomic E-state index is 11.0. The highest BCUT2D eigenvalue weighted by Crippen LogP contribution is 2.17. The van der Waals surface area contributed by atoms with Gasteiger partial charge in [-0.2, -0.15) is 4.68 Å². The Kier molecular flexibility index (Phi) is 3.56. The van der Waals surface area contributed by atoms with Gasteiger partial charge in [-0.1, -0.05) is 6.07 Å². The van der Waals surface area contributed by atoms with E-state index < -0.39 is 11.9 Å². The largest absolute Gasteiger partial charge is 0.478 e. The van der Waals surface area contributed by atoms with E-state index >= 15 is 0 Å². The molecule has 0 atom stereocenters. The smallest absolute Gasteiger partial charge is 0.335 e. The Hall–Kier alpha value is -3.03. The highest BCUT2D eigenvalue weighted by Gasteiger charge is 2.12. The maximum atomic E-state index is 11.0. The van der Waals surface area contributed by atoms with Crippen molar-refractivity contribution in [1.29, 1.82) is 0 Å². The Labute approximate surface area is 113 Å². The third-order valence-electron chi connectivity index (χ3n) is 2.55. The third-order valence-corrected chi connectivity index (χ3v) is 2.55. The molecule has 1 heterocycles. The average molecular weight is 274 g/mol. The molecule has 0 aliphatic heterocycles. The van der Waals surface area contributed by atoms with Gasteiger partial charge in [0.05, 0.1) is 11.3 Å². The van der Waals surface area contributed by atoms with Crippen LogP contribution in [0.25, 0.3) is 11.8 Å². The Morgan fingerprint density at radius 3 is 2.70 bits per heavy atom. The van der Waals surface area contributed by atoms with Gasteiger partial charge in [0.1, 0.15) is 0 Å². The highest BCUT2D eigenvalue weighted by molar-refractivity contribution is 5.88. The molecular weight excluding hydrogens is 264 g/mol. The normalized spacial score (nSPS) is 10.8. The molecule has 102 valence electrons. The second-order valence-electron chi connectivity index (χ2n) is 3.93. The monoisotopic (exact) mass is 274 g/mol. The molecule has 1 aromatic heterocycles. The molecule has 8 nitrogen and oxygen atoms in total. The summed E-state index contributed by atoms with van der Waals surface area (Å²) in [6.07, 6.45) is 2.13. The van der Waals surface area contributed by atoms with Gasteiger partial charge >= 0.3 is 11.9 Å². The first-order valence-corrected chi connectivity index (χ1v) is 5.52. The molecule has 0 radical (unpaired) electrons. The van der Waals surface area contributed by atoms with Gasteiger partial charge in [-0.25, -0.2) is 9.59 Å². The Morgan fingerprint density at radius 1 is 1.30 bits per heavy atom. The van der Waals surface area contributed by atoms with E-state index in [1.165, 1.54) is 22.9 Å². The second kappa shape index (κ2) is 5.31. The van der Waals surface area contributed by atoms with Crippen LogP contribution in [0.4, 0.5) is 0 Å². The van der Waals surface area contributed by atoms with Crippen molar-refractivity contribution in [2.75, 3.05) is 0 Å². The van der Waals surface area contributed by atoms with Crippen LogP contribution >= 0.6 is 0 Å². The Morgan fingerprint density at radius 2 is 2.05 bits per heavy atom.